The summed E-state index contributed by atoms with van der Waals surface area (Å²) in [6.45, 7) is 6.91. The highest BCUT2D eigenvalue weighted by molar-refractivity contribution is 7.51. The third-order valence-electron chi connectivity index (χ3n) is 5.31. The summed E-state index contributed by atoms with van der Waals surface area (Å²) in [5.74, 6) is -0.369. The highest BCUT2D eigenvalue weighted by atomic mass is 35.5. The average Bonchev–Trinajstić information content (AvgIpc) is 3.25. The maximum absolute atomic E-state index is 13.2. The Morgan fingerprint density at radius 2 is 2.19 bits per heavy atom. The van der Waals surface area contributed by atoms with Gasteiger partial charge in [-0.1, -0.05) is 13.8 Å². The van der Waals surface area contributed by atoms with Crippen LogP contribution < -0.4 is 10.8 Å². The molecule has 0 radical (unpaired) electrons. The number of alkyl halides is 1. The molecule has 2 aromatic rings. The Morgan fingerprint density at radius 1 is 1.44 bits per heavy atom. The SMILES string of the molecule is CC(C)C(=O)OC[C@@H](C)N[P@@]1(=O)OC[C@H]2O[C@@H](n3cnc4c(N)ncnc43)[C@](C)(Cl)[C@@H]2O1. The van der Waals surface area contributed by atoms with E-state index in [-0.39, 0.29) is 30.9 Å². The summed E-state index contributed by atoms with van der Waals surface area (Å²) in [6, 6.07) is -0.475. The topological polar surface area (TPSA) is 153 Å². The van der Waals surface area contributed by atoms with Gasteiger partial charge in [-0.15, -0.1) is 11.6 Å². The zero-order valence-corrected chi connectivity index (χ0v) is 19.7. The third-order valence-corrected chi connectivity index (χ3v) is 7.46. The highest BCUT2D eigenvalue weighted by Crippen LogP contribution is 2.57. The van der Waals surface area contributed by atoms with Gasteiger partial charge in [-0.2, -0.15) is 0 Å². The molecule has 4 heterocycles. The number of carbonyl (C=O) groups is 1. The van der Waals surface area contributed by atoms with Gasteiger partial charge in [-0.25, -0.2) is 24.6 Å². The third kappa shape index (κ3) is 4.23. The molecule has 2 fully saturated rings. The van der Waals surface area contributed by atoms with Gasteiger partial charge in [0.1, 0.15) is 35.5 Å². The Morgan fingerprint density at radius 3 is 2.91 bits per heavy atom. The lowest BCUT2D eigenvalue weighted by molar-refractivity contribution is -0.147. The fraction of sp³-hybridized carbons (Fsp3) is 0.667. The quantitative estimate of drug-likeness (QED) is 0.348. The Bertz CT molecular complexity index is 1060. The van der Waals surface area contributed by atoms with Crippen molar-refractivity contribution < 1.29 is 27.9 Å². The lowest BCUT2D eigenvalue weighted by Gasteiger charge is -2.36. The van der Waals surface area contributed by atoms with Gasteiger partial charge in [0, 0.05) is 6.04 Å². The molecule has 12 nitrogen and oxygen atoms in total. The van der Waals surface area contributed by atoms with Gasteiger partial charge in [-0.3, -0.25) is 18.4 Å². The number of nitrogens with zero attached hydrogens (tertiary/aromatic N) is 4. The lowest BCUT2D eigenvalue weighted by atomic mass is 10.0. The predicted octanol–water partition coefficient (Wildman–Crippen LogP) is 2.00. The number of nitrogens with one attached hydrogen (secondary N) is 1. The van der Waals surface area contributed by atoms with Gasteiger partial charge in [-0.05, 0) is 13.8 Å². The number of nitrogens with two attached hydrogens (primary N) is 1. The fourth-order valence-electron chi connectivity index (χ4n) is 3.65. The van der Waals surface area contributed by atoms with E-state index in [9.17, 15) is 9.36 Å². The van der Waals surface area contributed by atoms with E-state index in [1.54, 1.807) is 32.3 Å². The Hall–Kier alpha value is -1.82. The molecule has 3 N–H and O–H groups in total. The lowest BCUT2D eigenvalue weighted by Crippen LogP contribution is -2.46. The number of anilines is 1. The number of imidazole rings is 1. The van der Waals surface area contributed by atoms with Gasteiger partial charge < -0.3 is 15.2 Å². The minimum absolute atomic E-state index is 0.00396. The van der Waals surface area contributed by atoms with Gasteiger partial charge in [0.05, 0.1) is 18.9 Å². The molecule has 0 aliphatic carbocycles. The Kier molecular flexibility index (Phi) is 6.21. The first-order valence-electron chi connectivity index (χ1n) is 10.2. The zero-order valence-electron chi connectivity index (χ0n) is 18.1. The summed E-state index contributed by atoms with van der Waals surface area (Å²) in [6.07, 6.45) is 0.773. The largest absolute Gasteiger partial charge is 0.464 e. The highest BCUT2D eigenvalue weighted by Gasteiger charge is 2.59. The van der Waals surface area contributed by atoms with Crippen molar-refractivity contribution in [2.75, 3.05) is 18.9 Å². The van der Waals surface area contributed by atoms with E-state index in [2.05, 4.69) is 20.0 Å². The van der Waals surface area contributed by atoms with Crippen LogP contribution in [0.2, 0.25) is 0 Å². The zero-order chi connectivity index (χ0) is 23.3. The van der Waals surface area contributed by atoms with Crippen molar-refractivity contribution in [1.82, 2.24) is 24.6 Å². The van der Waals surface area contributed by atoms with Crippen LogP contribution in [-0.4, -0.2) is 61.8 Å². The van der Waals surface area contributed by atoms with Crippen LogP contribution in [0.4, 0.5) is 5.82 Å². The Balaban J connectivity index is 1.49. The van der Waals surface area contributed by atoms with Crippen LogP contribution in [0.15, 0.2) is 12.7 Å². The second-order valence-corrected chi connectivity index (χ2v) is 10.9. The number of aromatic nitrogens is 4. The summed E-state index contributed by atoms with van der Waals surface area (Å²) in [4.78, 5) is 23.0. The molecule has 32 heavy (non-hydrogen) atoms. The summed E-state index contributed by atoms with van der Waals surface area (Å²) in [5, 5.41) is 2.79. The van der Waals surface area contributed by atoms with Crippen molar-refractivity contribution in [3.8, 4) is 0 Å². The summed E-state index contributed by atoms with van der Waals surface area (Å²) in [5.41, 5.74) is 6.75. The second-order valence-electron chi connectivity index (χ2n) is 8.40. The molecule has 2 aliphatic rings. The van der Waals surface area contributed by atoms with Crippen molar-refractivity contribution >= 4 is 42.3 Å². The molecule has 0 aromatic carbocycles. The molecule has 2 aromatic heterocycles. The maximum Gasteiger partial charge on any atom is 0.406 e. The molecule has 14 heteroatoms. The smallest absolute Gasteiger partial charge is 0.406 e. The molecule has 0 unspecified atom stereocenters. The Labute approximate surface area is 189 Å². The van der Waals surface area contributed by atoms with Crippen LogP contribution in [0.3, 0.4) is 0 Å². The molecular formula is C18H26ClN6O6P. The molecule has 0 spiro atoms. The van der Waals surface area contributed by atoms with Crippen molar-refractivity contribution in [3.05, 3.63) is 12.7 Å². The number of hydrogen-bond acceptors (Lipinski definition) is 10. The van der Waals surface area contributed by atoms with Gasteiger partial charge >= 0.3 is 13.7 Å². The van der Waals surface area contributed by atoms with E-state index >= 15 is 0 Å². The summed E-state index contributed by atoms with van der Waals surface area (Å²) < 4.78 is 37.5. The molecule has 6 atom stereocenters. The molecular weight excluding hydrogens is 463 g/mol. The second kappa shape index (κ2) is 8.51. The van der Waals surface area contributed by atoms with E-state index in [1.165, 1.54) is 12.7 Å². The van der Waals surface area contributed by atoms with Crippen molar-refractivity contribution in [2.45, 2.75) is 57.0 Å². The number of nitrogen functional groups attached to an aromatic ring is 1. The normalized spacial score (nSPS) is 33.4. The molecule has 0 saturated carbocycles. The maximum atomic E-state index is 13.2. The minimum atomic E-state index is -3.74. The van der Waals surface area contributed by atoms with Crippen LogP contribution in [0.25, 0.3) is 11.2 Å². The number of rotatable bonds is 6. The number of fused-ring (bicyclic) bond motifs is 2. The van der Waals surface area contributed by atoms with Crippen LogP contribution in [0, 0.1) is 5.92 Å². The summed E-state index contributed by atoms with van der Waals surface area (Å²) >= 11 is 6.89. The predicted molar refractivity (Wildman–Crippen MR) is 115 cm³/mol. The molecule has 176 valence electrons. The minimum Gasteiger partial charge on any atom is -0.464 e. The van der Waals surface area contributed by atoms with E-state index in [1.807, 2.05) is 0 Å². The average molecular weight is 489 g/mol. The first kappa shape index (κ1) is 23.3. The molecule has 0 amide bonds. The summed E-state index contributed by atoms with van der Waals surface area (Å²) in [7, 11) is -3.74. The van der Waals surface area contributed by atoms with Crippen molar-refractivity contribution in [2.24, 2.45) is 5.92 Å². The monoisotopic (exact) mass is 488 g/mol. The number of hydrogen-bond donors (Lipinski definition) is 2. The van der Waals surface area contributed by atoms with E-state index in [4.69, 9.17) is 35.9 Å². The first-order chi connectivity index (χ1) is 15.0. The van der Waals surface area contributed by atoms with Gasteiger partial charge in [0.25, 0.3) is 0 Å². The van der Waals surface area contributed by atoms with E-state index in [0.717, 1.165) is 0 Å². The van der Waals surface area contributed by atoms with Crippen LogP contribution >= 0.6 is 19.3 Å². The molecule has 0 bridgehead atoms. The van der Waals surface area contributed by atoms with Crippen LogP contribution in [-0.2, 0) is 27.9 Å². The standard InChI is InChI=1S/C18H26ClN6O6P/c1-9(2)16(26)28-5-10(3)24-32(27)29-6-11-13(31-32)18(4,19)17(30-11)25-8-23-12-14(20)21-7-22-15(12)25/h7-11,13,17H,5-6H2,1-4H3,(H,24,27)(H2,20,21,22)/t10-,11-,13-,17-,18-,32-/m1/s1. The van der Waals surface area contributed by atoms with E-state index in [0.29, 0.717) is 11.2 Å². The van der Waals surface area contributed by atoms with Crippen LogP contribution in [0.5, 0.6) is 0 Å². The van der Waals surface area contributed by atoms with Gasteiger partial charge in [0.15, 0.2) is 17.7 Å². The van der Waals surface area contributed by atoms with Crippen molar-refractivity contribution in [1.29, 1.82) is 0 Å². The number of ether oxygens (including phenoxy) is 2. The fourth-order valence-corrected chi connectivity index (χ4v) is 5.86. The molecule has 2 aliphatic heterocycles. The first-order valence-corrected chi connectivity index (χ1v) is 12.1. The molecule has 4 rings (SSSR count). The van der Waals surface area contributed by atoms with Gasteiger partial charge in [0.2, 0.25) is 0 Å². The number of carbonyl (C=O) groups excluding carboxylic acids is 1. The van der Waals surface area contributed by atoms with Crippen molar-refractivity contribution in [3.63, 3.8) is 0 Å². The molecule has 2 saturated heterocycles. The number of halogens is 1. The number of esters is 1. The van der Waals surface area contributed by atoms with E-state index < -0.39 is 37.1 Å². The van der Waals surface area contributed by atoms with Crippen LogP contribution in [0.1, 0.15) is 33.9 Å².